The maximum Gasteiger partial charge on any atom is -0.0693 e. The molecule has 0 aliphatic rings. The van der Waals surface area contributed by atoms with Gasteiger partial charge in [0.2, 0.25) is 0 Å². The molecular formula is C9H21PSi-2. The first-order valence-corrected chi connectivity index (χ1v) is 8.07. The minimum absolute atomic E-state index is 0.783. The second-order valence-electron chi connectivity index (χ2n) is 4.35. The molecule has 0 amide bonds. The van der Waals surface area contributed by atoms with Gasteiger partial charge < -0.3 is 8.79 Å². The molecule has 0 atom stereocenters. The van der Waals surface area contributed by atoms with Crippen molar-refractivity contribution in [2.45, 2.75) is 58.2 Å². The molecule has 0 aromatic heterocycles. The molecule has 0 nitrogen and oxygen atoms in total. The van der Waals surface area contributed by atoms with E-state index in [9.17, 15) is 0 Å². The zero-order chi connectivity index (χ0) is 9.23. The van der Waals surface area contributed by atoms with E-state index in [0.717, 1.165) is 16.6 Å². The van der Waals surface area contributed by atoms with E-state index in [1.165, 1.54) is 0 Å². The van der Waals surface area contributed by atoms with E-state index in [1.807, 2.05) is 0 Å². The topological polar surface area (TPSA) is 0 Å². The molecule has 0 aliphatic heterocycles. The fourth-order valence-electron chi connectivity index (χ4n) is 2.00. The zero-order valence-electron chi connectivity index (χ0n) is 8.68. The van der Waals surface area contributed by atoms with Gasteiger partial charge in [-0.1, -0.05) is 41.5 Å². The smallest absolute Gasteiger partial charge is 0.0693 e. The first-order valence-electron chi connectivity index (χ1n) is 4.55. The number of rotatable bonds is 3. The van der Waals surface area contributed by atoms with Gasteiger partial charge in [-0.15, -0.1) is 16.6 Å². The van der Waals surface area contributed by atoms with Crippen LogP contribution in [0.2, 0.25) is 16.6 Å². The maximum absolute atomic E-state index is 4.94. The van der Waals surface area contributed by atoms with Crippen LogP contribution in [0.5, 0.6) is 0 Å². The van der Waals surface area contributed by atoms with E-state index in [1.54, 1.807) is 0 Å². The Morgan fingerprint density at radius 3 is 0.909 bits per heavy atom. The quantitative estimate of drug-likeness (QED) is 0.449. The molecule has 0 bridgehead atoms. The molecule has 11 heavy (non-hydrogen) atoms. The van der Waals surface area contributed by atoms with Crippen LogP contribution in [0, 0.1) is 0 Å². The molecule has 0 heterocycles. The summed E-state index contributed by atoms with van der Waals surface area (Å²) in [6.07, 6.45) is 0. The van der Waals surface area contributed by atoms with E-state index >= 15 is 0 Å². The summed E-state index contributed by atoms with van der Waals surface area (Å²) in [5, 5.41) is 0. The van der Waals surface area contributed by atoms with Crippen LogP contribution in [0.1, 0.15) is 41.5 Å². The van der Waals surface area contributed by atoms with Crippen LogP contribution in [-0.2, 0) is 0 Å². The second-order valence-corrected chi connectivity index (χ2v) is 11.9. The average Bonchev–Trinajstić information content (AvgIpc) is 1.84. The third-order valence-electron chi connectivity index (χ3n) is 2.77. The highest BCUT2D eigenvalue weighted by molar-refractivity contribution is 7.70. The lowest BCUT2D eigenvalue weighted by molar-refractivity contribution is 0.851. The van der Waals surface area contributed by atoms with Gasteiger partial charge in [0.1, 0.15) is 0 Å². The normalized spacial score (nSPS) is 13.6. The van der Waals surface area contributed by atoms with Gasteiger partial charge in [0.25, 0.3) is 0 Å². The highest BCUT2D eigenvalue weighted by Gasteiger charge is 2.18. The summed E-state index contributed by atoms with van der Waals surface area (Å²) in [6, 6.07) is 0. The lowest BCUT2D eigenvalue weighted by atomic mass is 10.5. The molecule has 2 heteroatoms. The van der Waals surface area contributed by atoms with Crippen LogP contribution >= 0.6 is 8.79 Å². The Bertz CT molecular complexity index is 97.0. The Morgan fingerprint density at radius 2 is 0.909 bits per heavy atom. The summed E-state index contributed by atoms with van der Waals surface area (Å²) in [4.78, 5) is 0. The Morgan fingerprint density at radius 1 is 0.727 bits per heavy atom. The zero-order valence-corrected chi connectivity index (χ0v) is 10.6. The fourth-order valence-corrected chi connectivity index (χ4v) is 6.00. The number of hydrogen-bond acceptors (Lipinski definition) is 0. The van der Waals surface area contributed by atoms with Crippen LogP contribution < -0.4 is 0 Å². The molecule has 0 aromatic carbocycles. The monoisotopic (exact) mass is 188 g/mol. The van der Waals surface area contributed by atoms with Gasteiger partial charge in [-0.2, -0.15) is 0 Å². The summed E-state index contributed by atoms with van der Waals surface area (Å²) in [7, 11) is 3.66. The SMILES string of the molecule is CC(C)[Si]([P-2])(C(C)C)C(C)C. The van der Waals surface area contributed by atoms with Crippen LogP contribution in [0.4, 0.5) is 0 Å². The van der Waals surface area contributed by atoms with E-state index < -0.39 is 7.74 Å². The minimum Gasteiger partial charge on any atom is -1.48 e. The van der Waals surface area contributed by atoms with Crippen molar-refractivity contribution < 1.29 is 0 Å². The molecular weight excluding hydrogens is 167 g/mol. The van der Waals surface area contributed by atoms with Crippen LogP contribution in [-0.4, -0.2) is 7.74 Å². The predicted molar refractivity (Wildman–Crippen MR) is 58.0 cm³/mol. The van der Waals surface area contributed by atoms with Crippen molar-refractivity contribution in [3.63, 3.8) is 0 Å². The lowest BCUT2D eigenvalue weighted by Gasteiger charge is -2.71. The highest BCUT2D eigenvalue weighted by atomic mass is 31.3. The largest absolute Gasteiger partial charge is 1.48 e. The number of hydrogen-bond donors (Lipinski definition) is 0. The highest BCUT2D eigenvalue weighted by Crippen LogP contribution is 2.45. The maximum atomic E-state index is 4.94. The summed E-state index contributed by atoms with van der Waals surface area (Å²) in [5.41, 5.74) is 2.35. The van der Waals surface area contributed by atoms with Crippen molar-refractivity contribution in [2.75, 3.05) is 0 Å². The van der Waals surface area contributed by atoms with Gasteiger partial charge >= 0.3 is 0 Å². The van der Waals surface area contributed by atoms with E-state index in [4.69, 9.17) is 8.79 Å². The summed E-state index contributed by atoms with van der Waals surface area (Å²) in [5.74, 6) is 0. The molecule has 0 spiro atoms. The average molecular weight is 188 g/mol. The van der Waals surface area contributed by atoms with Gasteiger partial charge in [-0.25, -0.2) is 0 Å². The van der Waals surface area contributed by atoms with E-state index in [2.05, 4.69) is 41.5 Å². The Kier molecular flexibility index (Phi) is 4.29. The van der Waals surface area contributed by atoms with E-state index in [0.29, 0.717) is 0 Å². The molecule has 0 fully saturated rings. The molecule has 0 unspecified atom stereocenters. The standard InChI is InChI=1S/C9H21PSi/c1-7(2)11(10,8(3)4)9(5)6/h7-9H,1-6H3/q-2. The van der Waals surface area contributed by atoms with Crippen LogP contribution in [0.3, 0.4) is 0 Å². The first kappa shape index (κ1) is 11.6. The Labute approximate surface area is 75.2 Å². The second kappa shape index (κ2) is 4.05. The van der Waals surface area contributed by atoms with Crippen molar-refractivity contribution in [1.29, 1.82) is 0 Å². The van der Waals surface area contributed by atoms with Gasteiger partial charge in [-0.3, -0.25) is 7.74 Å². The van der Waals surface area contributed by atoms with Crippen molar-refractivity contribution in [3.8, 4) is 0 Å². The first-order chi connectivity index (χ1) is 4.83. The molecule has 0 N–H and O–H groups in total. The van der Waals surface area contributed by atoms with Gasteiger partial charge in [0.15, 0.2) is 0 Å². The van der Waals surface area contributed by atoms with Crippen LogP contribution in [0.15, 0.2) is 0 Å². The van der Waals surface area contributed by atoms with Crippen molar-refractivity contribution in [1.82, 2.24) is 0 Å². The van der Waals surface area contributed by atoms with Gasteiger partial charge in [0.05, 0.1) is 0 Å². The van der Waals surface area contributed by atoms with E-state index in [-0.39, 0.29) is 0 Å². The molecule has 0 radical (unpaired) electrons. The lowest BCUT2D eigenvalue weighted by Crippen LogP contribution is -2.37. The Balaban J connectivity index is 4.53. The molecule has 0 rings (SSSR count). The summed E-state index contributed by atoms with van der Waals surface area (Å²) >= 11 is 0. The minimum atomic E-state index is -1.29. The third-order valence-corrected chi connectivity index (χ3v) is 13.0. The predicted octanol–water partition coefficient (Wildman–Crippen LogP) is 4.57. The van der Waals surface area contributed by atoms with Crippen molar-refractivity contribution in [3.05, 3.63) is 0 Å². The molecule has 0 aromatic rings. The third kappa shape index (κ3) is 2.29. The van der Waals surface area contributed by atoms with Crippen molar-refractivity contribution >= 4 is 16.5 Å². The molecule has 68 valence electrons. The molecule has 0 aliphatic carbocycles. The summed E-state index contributed by atoms with van der Waals surface area (Å²) < 4.78 is 0. The molecule has 0 saturated heterocycles. The van der Waals surface area contributed by atoms with Gasteiger partial charge in [-0.05, 0) is 0 Å². The molecule has 0 saturated carbocycles. The van der Waals surface area contributed by atoms with Crippen LogP contribution in [0.25, 0.3) is 0 Å². The fraction of sp³-hybridized carbons (Fsp3) is 1.00. The van der Waals surface area contributed by atoms with Crippen molar-refractivity contribution in [2.24, 2.45) is 0 Å². The summed E-state index contributed by atoms with van der Waals surface area (Å²) in [6.45, 7) is 13.9. The van der Waals surface area contributed by atoms with Gasteiger partial charge in [0, 0.05) is 0 Å². The Hall–Kier alpha value is 0.647.